The fourth-order valence-corrected chi connectivity index (χ4v) is 3.22. The molecule has 1 saturated heterocycles. The first kappa shape index (κ1) is 15.6. The Bertz CT molecular complexity index is 265. The predicted molar refractivity (Wildman–Crippen MR) is 74.9 cm³/mol. The first-order valence-electron chi connectivity index (χ1n) is 6.58. The van der Waals surface area contributed by atoms with Crippen molar-refractivity contribution in [1.29, 1.82) is 0 Å². The first-order chi connectivity index (χ1) is 8.42. The van der Waals surface area contributed by atoms with Gasteiger partial charge in [-0.1, -0.05) is 0 Å². The average molecular weight is 275 g/mol. The van der Waals surface area contributed by atoms with Gasteiger partial charge in [0.15, 0.2) is 0 Å². The summed E-state index contributed by atoms with van der Waals surface area (Å²) in [6.45, 7) is 6.37. The Morgan fingerprint density at radius 1 is 1.33 bits per heavy atom. The molecule has 0 aromatic carbocycles. The van der Waals surface area contributed by atoms with E-state index >= 15 is 0 Å². The summed E-state index contributed by atoms with van der Waals surface area (Å²) in [5.41, 5.74) is -0.459. The summed E-state index contributed by atoms with van der Waals surface area (Å²) < 4.78 is 5.21. The van der Waals surface area contributed by atoms with Gasteiger partial charge in [-0.25, -0.2) is 4.79 Å². The fourth-order valence-electron chi connectivity index (χ4n) is 2.08. The lowest BCUT2D eigenvalue weighted by Crippen LogP contribution is -2.37. The molecule has 0 aliphatic carbocycles. The molecule has 18 heavy (non-hydrogen) atoms. The van der Waals surface area contributed by atoms with Crippen LogP contribution in [0.25, 0.3) is 0 Å². The molecule has 0 spiro atoms. The van der Waals surface area contributed by atoms with E-state index in [0.29, 0.717) is 18.4 Å². The molecule has 1 fully saturated rings. The fraction of sp³-hybridized carbons (Fsp3) is 0.923. The van der Waals surface area contributed by atoms with Crippen LogP contribution in [0.3, 0.4) is 0 Å². The van der Waals surface area contributed by atoms with Crippen LogP contribution in [0.1, 0.15) is 33.6 Å². The number of carbonyl (C=O) groups is 1. The highest BCUT2D eigenvalue weighted by atomic mass is 32.2. The zero-order chi connectivity index (χ0) is 13.6. The SMILES string of the molecule is CC(C)(C)OC(=O)NC[C@@H]1CCSCC[C@H]1CO. The third-order valence-corrected chi connectivity index (χ3v) is 4.12. The van der Waals surface area contributed by atoms with E-state index in [4.69, 9.17) is 4.74 Å². The van der Waals surface area contributed by atoms with Crippen molar-refractivity contribution < 1.29 is 14.6 Å². The van der Waals surface area contributed by atoms with Crippen LogP contribution in [0.15, 0.2) is 0 Å². The molecular weight excluding hydrogens is 250 g/mol. The van der Waals surface area contributed by atoms with Gasteiger partial charge in [0.2, 0.25) is 0 Å². The van der Waals surface area contributed by atoms with Crippen LogP contribution in [-0.4, -0.2) is 41.5 Å². The standard InChI is InChI=1S/C13H25NO3S/c1-13(2,3)17-12(16)14-8-10-4-6-18-7-5-11(10)9-15/h10-11,15H,4-9H2,1-3H3,(H,14,16)/t10-,11-/m0/s1. The van der Waals surface area contributed by atoms with Crippen LogP contribution < -0.4 is 5.32 Å². The van der Waals surface area contributed by atoms with E-state index in [9.17, 15) is 9.90 Å². The molecule has 0 saturated carbocycles. The van der Waals surface area contributed by atoms with Gasteiger partial charge in [0.1, 0.15) is 5.60 Å². The summed E-state index contributed by atoms with van der Waals surface area (Å²) in [4.78, 5) is 11.6. The van der Waals surface area contributed by atoms with Crippen LogP contribution >= 0.6 is 11.8 Å². The molecule has 4 nitrogen and oxygen atoms in total. The Balaban J connectivity index is 2.37. The Morgan fingerprint density at radius 3 is 2.50 bits per heavy atom. The van der Waals surface area contributed by atoms with Gasteiger partial charge in [-0.15, -0.1) is 0 Å². The van der Waals surface area contributed by atoms with E-state index in [2.05, 4.69) is 5.32 Å². The van der Waals surface area contributed by atoms with Gasteiger partial charge >= 0.3 is 6.09 Å². The van der Waals surface area contributed by atoms with Crippen LogP contribution in [0.2, 0.25) is 0 Å². The minimum atomic E-state index is -0.459. The summed E-state index contributed by atoms with van der Waals surface area (Å²) in [5.74, 6) is 2.87. The normalized spacial score (nSPS) is 25.3. The molecule has 1 aliphatic rings. The molecule has 2 N–H and O–H groups in total. The van der Waals surface area contributed by atoms with Crippen molar-refractivity contribution in [3.63, 3.8) is 0 Å². The van der Waals surface area contributed by atoms with E-state index in [0.717, 1.165) is 24.3 Å². The number of thioether (sulfide) groups is 1. The summed E-state index contributed by atoms with van der Waals surface area (Å²) in [5, 5.41) is 12.2. The predicted octanol–water partition coefficient (Wildman–Crippen LogP) is 2.26. The molecule has 2 atom stereocenters. The lowest BCUT2D eigenvalue weighted by Gasteiger charge is -2.25. The molecule has 0 radical (unpaired) electrons. The second kappa shape index (κ2) is 7.24. The Labute approximate surface area is 114 Å². The Hall–Kier alpha value is -0.420. The van der Waals surface area contributed by atoms with Crippen molar-refractivity contribution in [3.8, 4) is 0 Å². The largest absolute Gasteiger partial charge is 0.444 e. The molecule has 0 aromatic heterocycles. The number of hydrogen-bond donors (Lipinski definition) is 2. The molecule has 1 heterocycles. The van der Waals surface area contributed by atoms with Gasteiger partial charge in [-0.2, -0.15) is 11.8 Å². The summed E-state index contributed by atoms with van der Waals surface area (Å²) >= 11 is 1.93. The van der Waals surface area contributed by atoms with Crippen LogP contribution in [0.5, 0.6) is 0 Å². The molecule has 0 unspecified atom stereocenters. The molecule has 1 rings (SSSR count). The van der Waals surface area contributed by atoms with E-state index in [1.807, 2.05) is 32.5 Å². The number of rotatable bonds is 3. The molecule has 1 amide bonds. The molecular formula is C13H25NO3S. The number of aliphatic hydroxyl groups excluding tert-OH is 1. The number of alkyl carbamates (subject to hydrolysis) is 1. The summed E-state index contributed by atoms with van der Waals surface area (Å²) in [7, 11) is 0. The van der Waals surface area contributed by atoms with Crippen molar-refractivity contribution in [2.45, 2.75) is 39.2 Å². The molecule has 5 heteroatoms. The average Bonchev–Trinajstić information content (AvgIpc) is 2.48. The molecule has 1 aliphatic heterocycles. The third kappa shape index (κ3) is 5.96. The number of nitrogens with one attached hydrogen (secondary N) is 1. The number of hydrogen-bond acceptors (Lipinski definition) is 4. The maximum absolute atomic E-state index is 11.6. The molecule has 0 bridgehead atoms. The summed E-state index contributed by atoms with van der Waals surface area (Å²) in [6.07, 6.45) is 1.71. The van der Waals surface area contributed by atoms with Crippen molar-refractivity contribution in [2.24, 2.45) is 11.8 Å². The van der Waals surface area contributed by atoms with Gasteiger partial charge in [-0.3, -0.25) is 0 Å². The van der Waals surface area contributed by atoms with Crippen LogP contribution in [0.4, 0.5) is 4.79 Å². The molecule has 106 valence electrons. The zero-order valence-corrected chi connectivity index (χ0v) is 12.4. The topological polar surface area (TPSA) is 58.6 Å². The van der Waals surface area contributed by atoms with E-state index in [1.165, 1.54) is 0 Å². The van der Waals surface area contributed by atoms with Crippen molar-refractivity contribution in [1.82, 2.24) is 5.32 Å². The number of ether oxygens (including phenoxy) is 1. The summed E-state index contributed by atoms with van der Waals surface area (Å²) in [6, 6.07) is 0. The highest BCUT2D eigenvalue weighted by molar-refractivity contribution is 7.99. The second-order valence-corrected chi connectivity index (χ2v) is 7.00. The van der Waals surface area contributed by atoms with Crippen molar-refractivity contribution in [2.75, 3.05) is 24.7 Å². The smallest absolute Gasteiger partial charge is 0.407 e. The maximum Gasteiger partial charge on any atom is 0.407 e. The van der Waals surface area contributed by atoms with Crippen LogP contribution in [0, 0.1) is 11.8 Å². The highest BCUT2D eigenvalue weighted by Gasteiger charge is 2.24. The van der Waals surface area contributed by atoms with Crippen molar-refractivity contribution in [3.05, 3.63) is 0 Å². The van der Waals surface area contributed by atoms with E-state index in [1.54, 1.807) is 0 Å². The Kier molecular flexibility index (Phi) is 6.29. The number of carbonyl (C=O) groups excluding carboxylic acids is 1. The zero-order valence-electron chi connectivity index (χ0n) is 11.6. The maximum atomic E-state index is 11.6. The lowest BCUT2D eigenvalue weighted by molar-refractivity contribution is 0.0505. The quantitative estimate of drug-likeness (QED) is 0.829. The van der Waals surface area contributed by atoms with E-state index in [-0.39, 0.29) is 12.7 Å². The van der Waals surface area contributed by atoms with Gasteiger partial charge < -0.3 is 15.2 Å². The second-order valence-electron chi connectivity index (χ2n) is 5.78. The van der Waals surface area contributed by atoms with E-state index < -0.39 is 5.60 Å². The number of amides is 1. The van der Waals surface area contributed by atoms with Crippen LogP contribution in [-0.2, 0) is 4.74 Å². The highest BCUT2D eigenvalue weighted by Crippen LogP contribution is 2.27. The lowest BCUT2D eigenvalue weighted by atomic mass is 9.88. The Morgan fingerprint density at radius 2 is 1.94 bits per heavy atom. The first-order valence-corrected chi connectivity index (χ1v) is 7.73. The number of aliphatic hydroxyl groups is 1. The minimum absolute atomic E-state index is 0.210. The van der Waals surface area contributed by atoms with Gasteiger partial charge in [0.05, 0.1) is 0 Å². The third-order valence-electron chi connectivity index (χ3n) is 3.07. The van der Waals surface area contributed by atoms with Gasteiger partial charge in [-0.05, 0) is 57.0 Å². The van der Waals surface area contributed by atoms with Gasteiger partial charge in [0, 0.05) is 13.2 Å². The molecule has 0 aromatic rings. The van der Waals surface area contributed by atoms with Gasteiger partial charge in [0.25, 0.3) is 0 Å². The monoisotopic (exact) mass is 275 g/mol. The van der Waals surface area contributed by atoms with Crippen molar-refractivity contribution >= 4 is 17.9 Å². The minimum Gasteiger partial charge on any atom is -0.444 e.